The number of aromatic nitrogens is 2. The monoisotopic (exact) mass is 332 g/mol. The molecular weight excluding hydrogens is 322 g/mol. The third-order valence-corrected chi connectivity index (χ3v) is 3.80. The molecule has 0 amide bonds. The van der Waals surface area contributed by atoms with Crippen LogP contribution in [0.2, 0.25) is 15.3 Å². The molecule has 0 saturated heterocycles. The highest BCUT2D eigenvalue weighted by Crippen LogP contribution is 2.29. The van der Waals surface area contributed by atoms with Crippen LogP contribution in [-0.2, 0) is 6.42 Å². The van der Waals surface area contributed by atoms with Gasteiger partial charge in [0.2, 0.25) is 0 Å². The Hall–Kier alpha value is -0.900. The number of hydrogen-bond donors (Lipinski definition) is 0. The van der Waals surface area contributed by atoms with Gasteiger partial charge in [-0.15, -0.1) is 0 Å². The van der Waals surface area contributed by atoms with Crippen LogP contribution in [0.25, 0.3) is 0 Å². The fraction of sp³-hybridized carbons (Fsp3) is 0.286. The molecule has 0 fully saturated rings. The Morgan fingerprint density at radius 2 is 1.70 bits per heavy atom. The summed E-state index contributed by atoms with van der Waals surface area (Å²) >= 11 is 18.2. The molecule has 0 spiro atoms. The average molecular weight is 334 g/mol. The Morgan fingerprint density at radius 3 is 2.20 bits per heavy atom. The summed E-state index contributed by atoms with van der Waals surface area (Å²) in [6.45, 7) is 3.90. The Morgan fingerprint density at radius 1 is 1.10 bits per heavy atom. The molecular formula is C14H12Cl3FN2. The first-order valence-corrected chi connectivity index (χ1v) is 7.18. The largest absolute Gasteiger partial charge is 0.220 e. The van der Waals surface area contributed by atoms with E-state index in [2.05, 4.69) is 9.97 Å². The molecule has 20 heavy (non-hydrogen) atoms. The van der Waals surface area contributed by atoms with Crippen LogP contribution in [0.3, 0.4) is 0 Å². The Balaban J connectivity index is 2.41. The van der Waals surface area contributed by atoms with Gasteiger partial charge >= 0.3 is 0 Å². The normalized spacial score (nSPS) is 11.2. The van der Waals surface area contributed by atoms with Gasteiger partial charge in [-0.3, -0.25) is 0 Å². The molecule has 0 aliphatic carbocycles. The maximum Gasteiger partial charge on any atom is 0.137 e. The Labute approximate surface area is 131 Å². The second-order valence-electron chi connectivity index (χ2n) is 4.67. The summed E-state index contributed by atoms with van der Waals surface area (Å²) in [5.41, 5.74) is 1.02. The van der Waals surface area contributed by atoms with Crippen LogP contribution < -0.4 is 0 Å². The predicted octanol–water partition coefficient (Wildman–Crippen LogP) is 5.29. The molecule has 1 aromatic heterocycles. The van der Waals surface area contributed by atoms with Gasteiger partial charge in [-0.2, -0.15) is 0 Å². The van der Waals surface area contributed by atoms with Crippen molar-refractivity contribution in [3.63, 3.8) is 0 Å². The summed E-state index contributed by atoms with van der Waals surface area (Å²) in [6.07, 6.45) is 0.142. The predicted molar refractivity (Wildman–Crippen MR) is 80.4 cm³/mol. The smallest absolute Gasteiger partial charge is 0.137 e. The van der Waals surface area contributed by atoms with Crippen molar-refractivity contribution in [1.29, 1.82) is 0 Å². The van der Waals surface area contributed by atoms with Gasteiger partial charge in [0.15, 0.2) is 0 Å². The van der Waals surface area contributed by atoms with Crippen molar-refractivity contribution in [3.05, 3.63) is 56.3 Å². The molecule has 0 radical (unpaired) electrons. The minimum Gasteiger partial charge on any atom is -0.220 e. The zero-order valence-electron chi connectivity index (χ0n) is 10.9. The molecule has 0 N–H and O–H groups in total. The van der Waals surface area contributed by atoms with E-state index in [1.807, 2.05) is 13.8 Å². The number of benzene rings is 1. The van der Waals surface area contributed by atoms with Crippen molar-refractivity contribution in [1.82, 2.24) is 9.97 Å². The molecule has 0 aliphatic heterocycles. The zero-order chi connectivity index (χ0) is 14.9. The van der Waals surface area contributed by atoms with E-state index in [0.29, 0.717) is 32.3 Å². The Kier molecular flexibility index (Phi) is 4.84. The summed E-state index contributed by atoms with van der Waals surface area (Å²) in [6, 6.07) is 4.50. The van der Waals surface area contributed by atoms with E-state index in [-0.39, 0.29) is 12.3 Å². The lowest BCUT2D eigenvalue weighted by Crippen LogP contribution is -2.04. The molecule has 0 atom stereocenters. The van der Waals surface area contributed by atoms with Crippen LogP contribution in [0.5, 0.6) is 0 Å². The van der Waals surface area contributed by atoms with Crippen LogP contribution in [0.1, 0.15) is 36.7 Å². The first kappa shape index (κ1) is 15.5. The first-order valence-electron chi connectivity index (χ1n) is 6.04. The van der Waals surface area contributed by atoms with Gasteiger partial charge in [-0.05, 0) is 18.1 Å². The van der Waals surface area contributed by atoms with Gasteiger partial charge in [0.25, 0.3) is 0 Å². The fourth-order valence-corrected chi connectivity index (χ4v) is 2.96. The second-order valence-corrected chi connectivity index (χ2v) is 5.79. The van der Waals surface area contributed by atoms with Crippen molar-refractivity contribution >= 4 is 34.8 Å². The van der Waals surface area contributed by atoms with Crippen LogP contribution in [0.4, 0.5) is 4.39 Å². The molecule has 2 rings (SSSR count). The van der Waals surface area contributed by atoms with E-state index in [1.54, 1.807) is 12.1 Å². The quantitative estimate of drug-likeness (QED) is 0.713. The van der Waals surface area contributed by atoms with Crippen LogP contribution >= 0.6 is 34.8 Å². The summed E-state index contributed by atoms with van der Waals surface area (Å²) in [5.74, 6) is 0.0544. The number of hydrogen-bond acceptors (Lipinski definition) is 2. The molecule has 2 aromatic rings. The molecule has 1 heterocycles. The lowest BCUT2D eigenvalue weighted by atomic mass is 10.1. The van der Waals surface area contributed by atoms with E-state index < -0.39 is 5.82 Å². The van der Waals surface area contributed by atoms with Crippen LogP contribution in [0, 0.1) is 5.82 Å². The third-order valence-electron chi connectivity index (χ3n) is 2.87. The zero-order valence-corrected chi connectivity index (χ0v) is 13.2. The second kappa shape index (κ2) is 6.25. The number of rotatable bonds is 3. The van der Waals surface area contributed by atoms with Crippen molar-refractivity contribution in [3.8, 4) is 0 Å². The lowest BCUT2D eigenvalue weighted by Gasteiger charge is -2.11. The highest BCUT2D eigenvalue weighted by atomic mass is 35.5. The molecule has 6 heteroatoms. The lowest BCUT2D eigenvalue weighted by molar-refractivity contribution is 0.612. The number of nitrogens with zero attached hydrogens (tertiary/aromatic N) is 2. The van der Waals surface area contributed by atoms with Crippen molar-refractivity contribution < 1.29 is 4.39 Å². The van der Waals surface area contributed by atoms with Gasteiger partial charge in [-0.25, -0.2) is 14.4 Å². The van der Waals surface area contributed by atoms with Gasteiger partial charge in [0, 0.05) is 22.6 Å². The minimum absolute atomic E-state index is 0.112. The van der Waals surface area contributed by atoms with Gasteiger partial charge in [-0.1, -0.05) is 54.7 Å². The van der Waals surface area contributed by atoms with E-state index in [1.165, 1.54) is 6.07 Å². The molecule has 0 aliphatic rings. The summed E-state index contributed by atoms with van der Waals surface area (Å²) in [7, 11) is 0. The van der Waals surface area contributed by atoms with Crippen LogP contribution in [0.15, 0.2) is 18.2 Å². The molecule has 0 unspecified atom stereocenters. The highest BCUT2D eigenvalue weighted by molar-refractivity contribution is 6.34. The van der Waals surface area contributed by atoms with Crippen molar-refractivity contribution in [2.45, 2.75) is 26.2 Å². The van der Waals surface area contributed by atoms with Gasteiger partial charge < -0.3 is 0 Å². The van der Waals surface area contributed by atoms with E-state index >= 15 is 0 Å². The Bertz CT molecular complexity index is 601. The van der Waals surface area contributed by atoms with Crippen molar-refractivity contribution in [2.75, 3.05) is 0 Å². The number of halogens is 4. The molecule has 106 valence electrons. The van der Waals surface area contributed by atoms with E-state index in [4.69, 9.17) is 34.8 Å². The topological polar surface area (TPSA) is 25.8 Å². The SMILES string of the molecule is CC(C)c1c(Cl)nc(Cc2c(F)cccc2Cl)nc1Cl. The summed E-state index contributed by atoms with van der Waals surface area (Å²) in [4.78, 5) is 8.35. The standard InChI is InChI=1S/C14H12Cl3FN2/c1-7(2)12-13(16)19-11(20-14(12)17)6-8-9(15)4-3-5-10(8)18/h3-5,7H,6H2,1-2H3. The van der Waals surface area contributed by atoms with Crippen molar-refractivity contribution in [2.24, 2.45) is 0 Å². The van der Waals surface area contributed by atoms with Gasteiger partial charge in [0.05, 0.1) is 0 Å². The average Bonchev–Trinajstić information content (AvgIpc) is 2.32. The van der Waals surface area contributed by atoms with E-state index in [9.17, 15) is 4.39 Å². The molecule has 1 aromatic carbocycles. The minimum atomic E-state index is -0.402. The highest BCUT2D eigenvalue weighted by Gasteiger charge is 2.16. The van der Waals surface area contributed by atoms with Crippen LogP contribution in [-0.4, -0.2) is 9.97 Å². The maximum atomic E-state index is 13.7. The summed E-state index contributed by atoms with van der Waals surface area (Å²) < 4.78 is 13.7. The maximum absolute atomic E-state index is 13.7. The van der Waals surface area contributed by atoms with E-state index in [0.717, 1.165) is 0 Å². The molecule has 0 bridgehead atoms. The fourth-order valence-electron chi connectivity index (χ4n) is 1.87. The molecule has 2 nitrogen and oxygen atoms in total. The molecule has 0 saturated carbocycles. The third kappa shape index (κ3) is 3.22. The first-order chi connectivity index (χ1) is 9.40. The summed E-state index contributed by atoms with van der Waals surface area (Å²) in [5, 5.41) is 0.915. The van der Waals surface area contributed by atoms with Gasteiger partial charge in [0.1, 0.15) is 21.9 Å².